The number of rotatable bonds is 4. The van der Waals surface area contributed by atoms with Crippen LogP contribution < -0.4 is 4.90 Å². The molecule has 0 bridgehead atoms. The van der Waals surface area contributed by atoms with Crippen molar-refractivity contribution in [3.05, 3.63) is 176 Å². The molecule has 1 aliphatic heterocycles. The fraction of sp³-hybridized carbons (Fsp3) is 0. The van der Waals surface area contributed by atoms with Gasteiger partial charge in [0.25, 0.3) is 0 Å². The SMILES string of the molecule is c1ccc(-c2ccc(-n3ccc4c3ccc3c5ccccc5n(-c5cccc(N6c7ccccc7Sc7ccccc76)c5)c34)cc2)cc1. The molecule has 4 heteroatoms. The van der Waals surface area contributed by atoms with Gasteiger partial charge in [0, 0.05) is 49.2 Å². The number of nitrogens with zero attached hydrogens (tertiary/aromatic N) is 3. The number of benzene rings is 7. The first kappa shape index (κ1) is 27.2. The van der Waals surface area contributed by atoms with E-state index in [0.29, 0.717) is 0 Å². The zero-order valence-corrected chi connectivity index (χ0v) is 26.8. The molecule has 7 aromatic carbocycles. The Balaban J connectivity index is 1.16. The third-order valence-electron chi connectivity index (χ3n) is 9.53. The molecule has 2 aromatic heterocycles. The second-order valence-electron chi connectivity index (χ2n) is 12.2. The molecular formula is C44H29N3S. The van der Waals surface area contributed by atoms with E-state index in [0.717, 1.165) is 17.1 Å². The number of anilines is 3. The minimum absolute atomic E-state index is 1.14. The van der Waals surface area contributed by atoms with Gasteiger partial charge in [0.05, 0.1) is 27.9 Å². The number of fused-ring (bicyclic) bond motifs is 7. The number of para-hydroxylation sites is 3. The maximum absolute atomic E-state index is 2.45. The monoisotopic (exact) mass is 631 g/mol. The van der Waals surface area contributed by atoms with Crippen molar-refractivity contribution in [3.63, 3.8) is 0 Å². The fourth-order valence-electron chi connectivity index (χ4n) is 7.37. The largest absolute Gasteiger partial charge is 0.316 e. The molecule has 226 valence electrons. The molecule has 0 unspecified atom stereocenters. The van der Waals surface area contributed by atoms with E-state index in [9.17, 15) is 0 Å². The van der Waals surface area contributed by atoms with E-state index in [1.807, 2.05) is 11.8 Å². The van der Waals surface area contributed by atoms with Crippen LogP contribution in [0.5, 0.6) is 0 Å². The fourth-order valence-corrected chi connectivity index (χ4v) is 8.43. The molecule has 0 saturated heterocycles. The highest BCUT2D eigenvalue weighted by Gasteiger charge is 2.25. The van der Waals surface area contributed by atoms with Crippen LogP contribution in [0.4, 0.5) is 17.1 Å². The molecule has 0 spiro atoms. The van der Waals surface area contributed by atoms with Crippen molar-refractivity contribution in [2.24, 2.45) is 0 Å². The Labute approximate surface area is 282 Å². The van der Waals surface area contributed by atoms with Crippen LogP contribution in [-0.4, -0.2) is 9.13 Å². The maximum atomic E-state index is 2.45. The first-order chi connectivity index (χ1) is 23.8. The van der Waals surface area contributed by atoms with Gasteiger partial charge in [0.2, 0.25) is 0 Å². The van der Waals surface area contributed by atoms with Crippen molar-refractivity contribution in [3.8, 4) is 22.5 Å². The van der Waals surface area contributed by atoms with E-state index in [1.165, 1.54) is 65.0 Å². The van der Waals surface area contributed by atoms with Gasteiger partial charge in [-0.1, -0.05) is 109 Å². The predicted molar refractivity (Wildman–Crippen MR) is 202 cm³/mol. The zero-order valence-electron chi connectivity index (χ0n) is 26.0. The van der Waals surface area contributed by atoms with Crippen LogP contribution in [0.2, 0.25) is 0 Å². The lowest BCUT2D eigenvalue weighted by Crippen LogP contribution is -2.15. The summed E-state index contributed by atoms with van der Waals surface area (Å²) in [5.74, 6) is 0. The van der Waals surface area contributed by atoms with Gasteiger partial charge in [0.15, 0.2) is 0 Å². The summed E-state index contributed by atoms with van der Waals surface area (Å²) in [6.45, 7) is 0. The summed E-state index contributed by atoms with van der Waals surface area (Å²) in [6.07, 6.45) is 2.21. The van der Waals surface area contributed by atoms with Crippen LogP contribution in [0.3, 0.4) is 0 Å². The van der Waals surface area contributed by atoms with E-state index in [-0.39, 0.29) is 0 Å². The first-order valence-corrected chi connectivity index (χ1v) is 17.1. The van der Waals surface area contributed by atoms with Crippen LogP contribution in [0.25, 0.3) is 55.2 Å². The van der Waals surface area contributed by atoms with E-state index in [2.05, 4.69) is 190 Å². The Kier molecular flexibility index (Phi) is 6.11. The van der Waals surface area contributed by atoms with Crippen LogP contribution in [0.15, 0.2) is 186 Å². The van der Waals surface area contributed by atoms with E-state index in [1.54, 1.807) is 0 Å². The van der Waals surface area contributed by atoms with Crippen molar-refractivity contribution >= 4 is 61.5 Å². The lowest BCUT2D eigenvalue weighted by atomic mass is 10.1. The van der Waals surface area contributed by atoms with E-state index in [4.69, 9.17) is 0 Å². The Morgan fingerprint density at radius 2 is 1.06 bits per heavy atom. The lowest BCUT2D eigenvalue weighted by molar-refractivity contribution is 1.13. The van der Waals surface area contributed by atoms with Crippen molar-refractivity contribution in [2.75, 3.05) is 4.90 Å². The Morgan fingerprint density at radius 3 is 1.85 bits per heavy atom. The average Bonchev–Trinajstić information content (AvgIpc) is 3.74. The van der Waals surface area contributed by atoms with Crippen LogP contribution in [0.1, 0.15) is 0 Å². The van der Waals surface area contributed by atoms with Gasteiger partial charge < -0.3 is 14.0 Å². The molecule has 3 heterocycles. The standard InChI is InChI=1S/C44H29N3S/c1-2-11-30(12-3-1)31-21-23-32(24-22-31)45-28-27-37-38(45)26-25-36-35-15-4-5-16-39(35)47(44(36)37)34-14-10-13-33(29-34)46-40-17-6-8-19-42(40)48-43-20-9-7-18-41(43)46/h1-29H. The highest BCUT2D eigenvalue weighted by Crippen LogP contribution is 2.51. The second kappa shape index (κ2) is 10.8. The number of hydrogen-bond donors (Lipinski definition) is 0. The number of aromatic nitrogens is 2. The van der Waals surface area contributed by atoms with Crippen molar-refractivity contribution in [1.82, 2.24) is 9.13 Å². The topological polar surface area (TPSA) is 13.1 Å². The van der Waals surface area contributed by atoms with Gasteiger partial charge in [-0.2, -0.15) is 0 Å². The summed E-state index contributed by atoms with van der Waals surface area (Å²) in [6, 6.07) is 61.5. The summed E-state index contributed by atoms with van der Waals surface area (Å²) in [5, 5.41) is 3.74. The molecule has 0 amide bonds. The highest BCUT2D eigenvalue weighted by molar-refractivity contribution is 7.99. The summed E-state index contributed by atoms with van der Waals surface area (Å²) >= 11 is 1.84. The van der Waals surface area contributed by atoms with Crippen molar-refractivity contribution < 1.29 is 0 Å². The van der Waals surface area contributed by atoms with Crippen molar-refractivity contribution in [2.45, 2.75) is 9.79 Å². The van der Waals surface area contributed by atoms with Gasteiger partial charge >= 0.3 is 0 Å². The molecule has 0 radical (unpaired) electrons. The number of hydrogen-bond acceptors (Lipinski definition) is 2. The summed E-state index contributed by atoms with van der Waals surface area (Å²) in [7, 11) is 0. The predicted octanol–water partition coefficient (Wildman–Crippen LogP) is 12.3. The molecule has 9 aromatic rings. The third kappa shape index (κ3) is 4.16. The Morgan fingerprint density at radius 1 is 0.396 bits per heavy atom. The maximum Gasteiger partial charge on any atom is 0.0635 e. The molecule has 0 saturated carbocycles. The van der Waals surface area contributed by atoms with E-state index >= 15 is 0 Å². The third-order valence-corrected chi connectivity index (χ3v) is 10.7. The lowest BCUT2D eigenvalue weighted by Gasteiger charge is -2.33. The molecule has 3 nitrogen and oxygen atoms in total. The van der Waals surface area contributed by atoms with Crippen LogP contribution in [-0.2, 0) is 0 Å². The molecule has 0 atom stereocenters. The van der Waals surface area contributed by atoms with E-state index < -0.39 is 0 Å². The van der Waals surface area contributed by atoms with Gasteiger partial charge in [-0.25, -0.2) is 0 Å². The van der Waals surface area contributed by atoms with Crippen molar-refractivity contribution in [1.29, 1.82) is 0 Å². The molecule has 1 aliphatic rings. The summed E-state index contributed by atoms with van der Waals surface area (Å²) in [4.78, 5) is 4.93. The molecular weight excluding hydrogens is 603 g/mol. The summed E-state index contributed by atoms with van der Waals surface area (Å²) in [5.41, 5.74) is 11.9. The van der Waals surface area contributed by atoms with Gasteiger partial charge in [-0.3, -0.25) is 0 Å². The minimum Gasteiger partial charge on any atom is -0.316 e. The smallest absolute Gasteiger partial charge is 0.0635 e. The van der Waals surface area contributed by atoms with Gasteiger partial charge in [-0.05, 0) is 83.9 Å². The van der Waals surface area contributed by atoms with Crippen LogP contribution >= 0.6 is 11.8 Å². The molecule has 10 rings (SSSR count). The quantitative estimate of drug-likeness (QED) is 0.192. The Hall–Kier alpha value is -5.97. The normalized spacial score (nSPS) is 12.5. The second-order valence-corrected chi connectivity index (χ2v) is 13.3. The first-order valence-electron chi connectivity index (χ1n) is 16.3. The Bertz CT molecular complexity index is 2600. The average molecular weight is 632 g/mol. The van der Waals surface area contributed by atoms with Gasteiger partial charge in [-0.15, -0.1) is 0 Å². The molecule has 0 fully saturated rings. The summed E-state index contributed by atoms with van der Waals surface area (Å²) < 4.78 is 4.76. The zero-order chi connectivity index (χ0) is 31.6. The molecule has 0 aliphatic carbocycles. The molecule has 48 heavy (non-hydrogen) atoms. The molecule has 0 N–H and O–H groups in total. The van der Waals surface area contributed by atoms with Crippen LogP contribution in [0, 0.1) is 0 Å². The minimum atomic E-state index is 1.14. The highest BCUT2D eigenvalue weighted by atomic mass is 32.2. The van der Waals surface area contributed by atoms with Gasteiger partial charge in [0.1, 0.15) is 0 Å².